The van der Waals surface area contributed by atoms with Gasteiger partial charge in [0.25, 0.3) is 0 Å². The minimum absolute atomic E-state index is 0.0211. The maximum Gasteiger partial charge on any atom is 0.427 e. The molecule has 2 amide bonds. The summed E-state index contributed by atoms with van der Waals surface area (Å²) in [7, 11) is -3.93. The lowest BCUT2D eigenvalue weighted by Crippen LogP contribution is -2.48. The molecule has 2 aliphatic heterocycles. The Balaban J connectivity index is 1.35. The minimum Gasteiger partial charge on any atom is -0.489 e. The number of sulfonamides is 1. The van der Waals surface area contributed by atoms with Crippen LogP contribution in [0.15, 0.2) is 42.6 Å². The quantitative estimate of drug-likeness (QED) is 0.198. The van der Waals surface area contributed by atoms with Gasteiger partial charge in [-0.3, -0.25) is 23.9 Å². The van der Waals surface area contributed by atoms with E-state index in [9.17, 15) is 40.8 Å². The third-order valence-electron chi connectivity index (χ3n) is 12.0. The Hall–Kier alpha value is -4.21. The summed E-state index contributed by atoms with van der Waals surface area (Å²) in [6.45, 7) is 8.87. The van der Waals surface area contributed by atoms with Crippen molar-refractivity contribution in [1.29, 1.82) is 0 Å². The van der Waals surface area contributed by atoms with Crippen molar-refractivity contribution < 1.29 is 55.0 Å². The average Bonchev–Trinajstić information content (AvgIpc) is 4.05. The van der Waals surface area contributed by atoms with Crippen LogP contribution in [0.3, 0.4) is 0 Å². The van der Waals surface area contributed by atoms with Crippen LogP contribution in [0, 0.1) is 29.1 Å². The average molecular weight is 834 g/mol. The molecule has 318 valence electrons. The van der Waals surface area contributed by atoms with Gasteiger partial charge >= 0.3 is 12.1 Å². The molecule has 4 aliphatic rings. The van der Waals surface area contributed by atoms with Crippen LogP contribution < -0.4 is 14.2 Å². The first-order valence-electron chi connectivity index (χ1n) is 20.2. The number of carbonyl (C=O) groups is 4. The van der Waals surface area contributed by atoms with E-state index in [0.29, 0.717) is 43.2 Å². The zero-order chi connectivity index (χ0) is 42.4. The SMILES string of the molecule is CC(C)Oc1cnc(O[C@@H]2C[C@H]3C(=O)C[C@]4(C(=O)NS(=O)(=O)C5CC5)C[C@H]4/C=C\CC[C@@H](C)C[C@@H](C)[C@H](CC(=O)OC(C)(C)C(F)(F)F)C(=O)N3C2)c2ccccc12. The predicted octanol–water partition coefficient (Wildman–Crippen LogP) is 6.85. The van der Waals surface area contributed by atoms with Crippen LogP contribution in [0.5, 0.6) is 11.6 Å². The maximum absolute atomic E-state index is 14.8. The van der Waals surface area contributed by atoms with Gasteiger partial charge in [0.2, 0.25) is 33.3 Å². The first kappa shape index (κ1) is 43.4. The number of alkyl halides is 3. The number of allylic oxidation sites excluding steroid dienone is 2. The Morgan fingerprint density at radius 1 is 1.05 bits per heavy atom. The van der Waals surface area contributed by atoms with Crippen LogP contribution in [0.25, 0.3) is 10.8 Å². The number of fused-ring (bicyclic) bond motifs is 3. The monoisotopic (exact) mass is 833 g/mol. The lowest BCUT2D eigenvalue weighted by molar-refractivity contribution is -0.257. The molecule has 0 unspecified atom stereocenters. The Morgan fingerprint density at radius 3 is 2.40 bits per heavy atom. The standard InChI is InChI=1S/C42H54F3N3O9S/c1-24(2)55-35-22-46-37(31-14-10-9-13-30(31)35)56-28-18-33-34(49)21-41(39(52)47-58(53,54)29-15-16-29)20-27(41)12-8-7-11-25(3)17-26(4)32(38(51)48(33)23-28)19-36(50)57-40(5,6)42(43,44)45/h8-10,12-14,22,24-29,32-33H,7,11,15-21,23H2,1-6H3,(H,47,52)/b12-8-/t25-,26-,27-,28-,32+,33+,41-/m1/s1. The van der Waals surface area contributed by atoms with Gasteiger partial charge in [0.1, 0.15) is 11.9 Å². The Morgan fingerprint density at radius 2 is 1.74 bits per heavy atom. The van der Waals surface area contributed by atoms with Crippen molar-refractivity contribution in [3.8, 4) is 11.6 Å². The number of esters is 1. The number of benzene rings is 1. The number of carbonyl (C=O) groups excluding carboxylic acids is 4. The van der Waals surface area contributed by atoms with Crippen LogP contribution in [0.1, 0.15) is 99.3 Å². The first-order chi connectivity index (χ1) is 27.1. The van der Waals surface area contributed by atoms with Gasteiger partial charge in [0.15, 0.2) is 5.78 Å². The molecule has 1 N–H and O–H groups in total. The van der Waals surface area contributed by atoms with E-state index >= 15 is 0 Å². The molecule has 3 heterocycles. The molecule has 2 aliphatic carbocycles. The second kappa shape index (κ2) is 16.4. The number of halogens is 3. The van der Waals surface area contributed by atoms with E-state index in [0.717, 1.165) is 19.2 Å². The molecule has 7 atom stereocenters. The highest BCUT2D eigenvalue weighted by Gasteiger charge is 2.62. The highest BCUT2D eigenvalue weighted by atomic mass is 32.2. The maximum atomic E-state index is 14.8. The third kappa shape index (κ3) is 9.47. The van der Waals surface area contributed by atoms with E-state index in [1.165, 1.54) is 11.1 Å². The lowest BCUT2D eigenvalue weighted by Gasteiger charge is -2.33. The van der Waals surface area contributed by atoms with E-state index in [2.05, 4.69) is 9.71 Å². The molecular formula is C42H54F3N3O9S. The topological polar surface area (TPSA) is 158 Å². The highest BCUT2D eigenvalue weighted by molar-refractivity contribution is 7.90. The van der Waals surface area contributed by atoms with Gasteiger partial charge < -0.3 is 19.1 Å². The van der Waals surface area contributed by atoms with Crippen LogP contribution in [0.4, 0.5) is 13.2 Å². The molecule has 2 aromatic rings. The summed E-state index contributed by atoms with van der Waals surface area (Å²) in [6, 6.07) is 6.15. The van der Waals surface area contributed by atoms with Crippen molar-refractivity contribution in [3.63, 3.8) is 0 Å². The smallest absolute Gasteiger partial charge is 0.427 e. The summed E-state index contributed by atoms with van der Waals surface area (Å²) >= 11 is 0. The molecule has 3 fully saturated rings. The number of amides is 2. The normalized spacial score (nSPS) is 29.2. The van der Waals surface area contributed by atoms with Gasteiger partial charge in [-0.25, -0.2) is 13.4 Å². The number of aromatic nitrogens is 1. The van der Waals surface area contributed by atoms with Gasteiger partial charge in [0.05, 0.1) is 47.9 Å². The molecule has 2 saturated carbocycles. The minimum atomic E-state index is -4.86. The van der Waals surface area contributed by atoms with Crippen LogP contribution >= 0.6 is 0 Å². The van der Waals surface area contributed by atoms with Gasteiger partial charge in [-0.15, -0.1) is 0 Å². The van der Waals surface area contributed by atoms with E-state index in [1.807, 2.05) is 51.1 Å². The zero-order valence-corrected chi connectivity index (χ0v) is 34.7. The number of ketones is 1. The Labute approximate surface area is 337 Å². The molecule has 1 saturated heterocycles. The molecule has 16 heteroatoms. The summed E-state index contributed by atoms with van der Waals surface area (Å²) in [5.41, 5.74) is -4.17. The highest BCUT2D eigenvalue weighted by Crippen LogP contribution is 2.57. The van der Waals surface area contributed by atoms with Crippen molar-refractivity contribution in [3.05, 3.63) is 42.6 Å². The van der Waals surface area contributed by atoms with Crippen molar-refractivity contribution in [2.45, 2.75) is 135 Å². The van der Waals surface area contributed by atoms with Crippen molar-refractivity contribution in [1.82, 2.24) is 14.6 Å². The summed E-state index contributed by atoms with van der Waals surface area (Å²) in [5.74, 6) is -4.38. The number of hydrogen-bond acceptors (Lipinski definition) is 10. The van der Waals surface area contributed by atoms with Gasteiger partial charge in [-0.05, 0) is 90.0 Å². The molecule has 58 heavy (non-hydrogen) atoms. The summed E-state index contributed by atoms with van der Waals surface area (Å²) < 4.78 is 86.7. The molecule has 0 radical (unpaired) electrons. The number of rotatable bonds is 10. The largest absolute Gasteiger partial charge is 0.489 e. The predicted molar refractivity (Wildman–Crippen MR) is 208 cm³/mol. The molecule has 12 nitrogen and oxygen atoms in total. The summed E-state index contributed by atoms with van der Waals surface area (Å²) in [5, 5.41) is 0.689. The van der Waals surface area contributed by atoms with E-state index in [1.54, 1.807) is 13.0 Å². The molecule has 0 bridgehead atoms. The van der Waals surface area contributed by atoms with E-state index in [4.69, 9.17) is 14.2 Å². The summed E-state index contributed by atoms with van der Waals surface area (Å²) in [6.07, 6.45) is 1.29. The number of nitrogens with one attached hydrogen (secondary N) is 1. The fourth-order valence-corrected chi connectivity index (χ4v) is 9.68. The van der Waals surface area contributed by atoms with E-state index < -0.39 is 92.4 Å². The van der Waals surface area contributed by atoms with E-state index in [-0.39, 0.29) is 43.7 Å². The van der Waals surface area contributed by atoms with Gasteiger partial charge in [-0.2, -0.15) is 13.2 Å². The molecule has 1 aromatic carbocycles. The fourth-order valence-electron chi connectivity index (χ4n) is 8.29. The molecule has 0 spiro atoms. The van der Waals surface area contributed by atoms with Crippen LogP contribution in [0.2, 0.25) is 0 Å². The number of hydrogen-bond donors (Lipinski definition) is 1. The Bertz CT molecular complexity index is 2050. The number of nitrogens with zero attached hydrogens (tertiary/aromatic N) is 2. The summed E-state index contributed by atoms with van der Waals surface area (Å²) in [4.78, 5) is 62.4. The van der Waals surface area contributed by atoms with Gasteiger partial charge in [-0.1, -0.05) is 44.2 Å². The lowest BCUT2D eigenvalue weighted by atomic mass is 9.82. The second-order valence-electron chi connectivity index (χ2n) is 17.5. The zero-order valence-electron chi connectivity index (χ0n) is 33.8. The first-order valence-corrected chi connectivity index (χ1v) is 21.7. The van der Waals surface area contributed by atoms with Crippen molar-refractivity contribution in [2.24, 2.45) is 29.1 Å². The third-order valence-corrected chi connectivity index (χ3v) is 13.8. The second-order valence-corrected chi connectivity index (χ2v) is 19.5. The van der Waals surface area contributed by atoms with Crippen LogP contribution in [-0.2, 0) is 33.9 Å². The number of ether oxygens (including phenoxy) is 3. The number of Topliss-reactive ketones (excluding diaryl/α,β-unsaturated/α-hetero) is 1. The molecule has 1 aromatic heterocycles. The van der Waals surface area contributed by atoms with Crippen molar-refractivity contribution >= 4 is 44.4 Å². The fraction of sp³-hybridized carbons (Fsp3) is 0.643. The molecular weight excluding hydrogens is 780 g/mol. The van der Waals surface area contributed by atoms with Gasteiger partial charge in [0, 0.05) is 23.6 Å². The van der Waals surface area contributed by atoms with Crippen molar-refractivity contribution in [2.75, 3.05) is 6.54 Å². The molecule has 6 rings (SSSR count). The van der Waals surface area contributed by atoms with Crippen LogP contribution in [-0.4, -0.2) is 83.7 Å². The Kier molecular flexibility index (Phi) is 12.3. The number of pyridine rings is 1.